The fourth-order valence-corrected chi connectivity index (χ4v) is 2.32. The van der Waals surface area contributed by atoms with Crippen molar-refractivity contribution in [1.29, 1.82) is 0 Å². The number of nitrogens with zero attached hydrogens (tertiary/aromatic N) is 2. The molecule has 2 N–H and O–H groups in total. The van der Waals surface area contributed by atoms with E-state index >= 15 is 0 Å². The Morgan fingerprint density at radius 1 is 1.35 bits per heavy atom. The predicted molar refractivity (Wildman–Crippen MR) is 81.1 cm³/mol. The van der Waals surface area contributed by atoms with E-state index in [0.717, 1.165) is 36.5 Å². The number of nitrogens with two attached hydrogens (primary N) is 1. The van der Waals surface area contributed by atoms with E-state index in [9.17, 15) is 0 Å². The normalized spacial score (nSPS) is 12.4. The number of benzene rings is 1. The van der Waals surface area contributed by atoms with Crippen molar-refractivity contribution in [3.8, 4) is 5.75 Å². The second-order valence-corrected chi connectivity index (χ2v) is 5.16. The van der Waals surface area contributed by atoms with E-state index in [0.29, 0.717) is 5.02 Å². The molecule has 0 saturated carbocycles. The summed E-state index contributed by atoms with van der Waals surface area (Å²) in [4.78, 5) is 0. The molecule has 108 valence electrons. The van der Waals surface area contributed by atoms with Gasteiger partial charge in [-0.05, 0) is 24.1 Å². The molecule has 0 aliphatic rings. The zero-order valence-electron chi connectivity index (χ0n) is 11.8. The molecule has 1 aromatic carbocycles. The molecule has 4 nitrogen and oxygen atoms in total. The lowest BCUT2D eigenvalue weighted by Crippen LogP contribution is -2.16. The van der Waals surface area contributed by atoms with E-state index in [1.807, 2.05) is 31.3 Å². The van der Waals surface area contributed by atoms with E-state index in [1.165, 1.54) is 0 Å². The van der Waals surface area contributed by atoms with Crippen molar-refractivity contribution in [3.63, 3.8) is 0 Å². The zero-order valence-corrected chi connectivity index (χ0v) is 12.6. The Balaban J connectivity index is 2.10. The molecule has 1 unspecified atom stereocenters. The van der Waals surface area contributed by atoms with Crippen LogP contribution in [0.1, 0.15) is 37.1 Å². The monoisotopic (exact) mass is 293 g/mol. The Kier molecular flexibility index (Phi) is 5.04. The standard InChI is InChI=1S/C15H20ClN3O/c1-3-4-9-20-12-7-5-11(6-8-12)14(17)15-13(16)10-18-19(15)2/h5-8,10,14H,3-4,9,17H2,1-2H3. The van der Waals surface area contributed by atoms with Crippen LogP contribution >= 0.6 is 11.6 Å². The number of rotatable bonds is 6. The van der Waals surface area contributed by atoms with Crippen LogP contribution in [0.25, 0.3) is 0 Å². The Hall–Kier alpha value is -1.52. The van der Waals surface area contributed by atoms with Gasteiger partial charge in [0.25, 0.3) is 0 Å². The van der Waals surface area contributed by atoms with Gasteiger partial charge in [0.2, 0.25) is 0 Å². The average Bonchev–Trinajstić information content (AvgIpc) is 2.78. The van der Waals surface area contributed by atoms with Crippen LogP contribution in [0.4, 0.5) is 0 Å². The lowest BCUT2D eigenvalue weighted by atomic mass is 10.0. The molecule has 20 heavy (non-hydrogen) atoms. The quantitative estimate of drug-likeness (QED) is 0.832. The molecule has 0 fully saturated rings. The maximum absolute atomic E-state index is 6.25. The molecule has 2 rings (SSSR count). The Labute approximate surface area is 124 Å². The number of hydrogen-bond donors (Lipinski definition) is 1. The maximum atomic E-state index is 6.25. The van der Waals surface area contributed by atoms with Gasteiger partial charge in [-0.2, -0.15) is 5.10 Å². The lowest BCUT2D eigenvalue weighted by Gasteiger charge is -2.14. The highest BCUT2D eigenvalue weighted by atomic mass is 35.5. The molecule has 1 heterocycles. The topological polar surface area (TPSA) is 53.1 Å². The van der Waals surface area contributed by atoms with E-state index in [1.54, 1.807) is 10.9 Å². The van der Waals surface area contributed by atoms with Crippen LogP contribution in [0.2, 0.25) is 5.02 Å². The molecule has 0 aliphatic heterocycles. The highest BCUT2D eigenvalue weighted by Crippen LogP contribution is 2.26. The van der Waals surface area contributed by atoms with Gasteiger partial charge in [-0.25, -0.2) is 0 Å². The van der Waals surface area contributed by atoms with Gasteiger partial charge < -0.3 is 10.5 Å². The van der Waals surface area contributed by atoms with E-state index in [-0.39, 0.29) is 6.04 Å². The highest BCUT2D eigenvalue weighted by Gasteiger charge is 2.16. The zero-order chi connectivity index (χ0) is 14.5. The van der Waals surface area contributed by atoms with Gasteiger partial charge >= 0.3 is 0 Å². The Bertz CT molecular complexity index is 531. The van der Waals surface area contributed by atoms with Gasteiger partial charge in [0.15, 0.2) is 0 Å². The smallest absolute Gasteiger partial charge is 0.119 e. The van der Waals surface area contributed by atoms with Gasteiger partial charge in [-0.3, -0.25) is 4.68 Å². The van der Waals surface area contributed by atoms with E-state index in [4.69, 9.17) is 22.1 Å². The molecule has 0 aliphatic carbocycles. The van der Waals surface area contributed by atoms with Crippen LogP contribution < -0.4 is 10.5 Å². The second-order valence-electron chi connectivity index (χ2n) is 4.75. The second kappa shape index (κ2) is 6.77. The van der Waals surface area contributed by atoms with Gasteiger partial charge in [0, 0.05) is 7.05 Å². The molecular formula is C15H20ClN3O. The molecule has 0 amide bonds. The molecular weight excluding hydrogens is 274 g/mol. The molecule has 1 atom stereocenters. The van der Waals surface area contributed by atoms with Crippen molar-refractivity contribution in [1.82, 2.24) is 9.78 Å². The number of ether oxygens (including phenoxy) is 1. The Morgan fingerprint density at radius 3 is 2.60 bits per heavy atom. The van der Waals surface area contributed by atoms with E-state index < -0.39 is 0 Å². The van der Waals surface area contributed by atoms with Crippen LogP contribution in [0.3, 0.4) is 0 Å². The first-order valence-corrected chi connectivity index (χ1v) is 7.17. The molecule has 0 spiro atoms. The third-order valence-electron chi connectivity index (χ3n) is 3.24. The minimum absolute atomic E-state index is 0.292. The molecule has 0 saturated heterocycles. The van der Waals surface area contributed by atoms with Gasteiger partial charge in [0.05, 0.1) is 29.6 Å². The maximum Gasteiger partial charge on any atom is 0.119 e. The minimum Gasteiger partial charge on any atom is -0.494 e. The minimum atomic E-state index is -0.292. The lowest BCUT2D eigenvalue weighted by molar-refractivity contribution is 0.309. The van der Waals surface area contributed by atoms with Crippen molar-refractivity contribution in [2.45, 2.75) is 25.8 Å². The first-order valence-electron chi connectivity index (χ1n) is 6.79. The number of hydrogen-bond acceptors (Lipinski definition) is 3. The van der Waals surface area contributed by atoms with Crippen LogP contribution in [0.5, 0.6) is 5.75 Å². The van der Waals surface area contributed by atoms with Crippen molar-refractivity contribution in [3.05, 3.63) is 46.7 Å². The van der Waals surface area contributed by atoms with Crippen LogP contribution in [0, 0.1) is 0 Å². The largest absolute Gasteiger partial charge is 0.494 e. The van der Waals surface area contributed by atoms with Gasteiger partial charge in [-0.15, -0.1) is 0 Å². The predicted octanol–water partition coefficient (Wildman–Crippen LogP) is 3.30. The first kappa shape index (κ1) is 14.9. The fourth-order valence-electron chi connectivity index (χ4n) is 2.03. The van der Waals surface area contributed by atoms with Gasteiger partial charge in [-0.1, -0.05) is 37.1 Å². The van der Waals surface area contributed by atoms with Crippen molar-refractivity contribution in [2.75, 3.05) is 6.61 Å². The van der Waals surface area contributed by atoms with Crippen molar-refractivity contribution >= 4 is 11.6 Å². The number of unbranched alkanes of at least 4 members (excludes halogenated alkanes) is 1. The number of aromatic nitrogens is 2. The summed E-state index contributed by atoms with van der Waals surface area (Å²) in [5.74, 6) is 0.866. The van der Waals surface area contributed by atoms with Gasteiger partial charge in [0.1, 0.15) is 5.75 Å². The summed E-state index contributed by atoms with van der Waals surface area (Å²) in [5.41, 5.74) is 8.04. The third-order valence-corrected chi connectivity index (χ3v) is 3.53. The summed E-state index contributed by atoms with van der Waals surface area (Å²) in [5, 5.41) is 4.70. The van der Waals surface area contributed by atoms with Crippen LogP contribution in [-0.4, -0.2) is 16.4 Å². The summed E-state index contributed by atoms with van der Waals surface area (Å²) in [6.07, 6.45) is 3.80. The van der Waals surface area contributed by atoms with Crippen LogP contribution in [-0.2, 0) is 7.05 Å². The van der Waals surface area contributed by atoms with Crippen LogP contribution in [0.15, 0.2) is 30.5 Å². The summed E-state index contributed by atoms with van der Waals surface area (Å²) < 4.78 is 7.34. The SMILES string of the molecule is CCCCOc1ccc(C(N)c2c(Cl)cnn2C)cc1. The molecule has 1 aromatic heterocycles. The highest BCUT2D eigenvalue weighted by molar-refractivity contribution is 6.31. The summed E-state index contributed by atoms with van der Waals surface area (Å²) in [7, 11) is 1.84. The first-order chi connectivity index (χ1) is 9.63. The summed E-state index contributed by atoms with van der Waals surface area (Å²) in [6.45, 7) is 2.89. The van der Waals surface area contributed by atoms with E-state index in [2.05, 4.69) is 12.0 Å². The summed E-state index contributed by atoms with van der Waals surface area (Å²) in [6, 6.07) is 7.52. The molecule has 5 heteroatoms. The third kappa shape index (κ3) is 3.32. The Morgan fingerprint density at radius 2 is 2.05 bits per heavy atom. The number of aryl methyl sites for hydroxylation is 1. The summed E-state index contributed by atoms with van der Waals surface area (Å²) >= 11 is 6.12. The fraction of sp³-hybridized carbons (Fsp3) is 0.400. The number of halogens is 1. The average molecular weight is 294 g/mol. The molecule has 0 radical (unpaired) electrons. The molecule has 0 bridgehead atoms. The van der Waals surface area contributed by atoms with Crippen molar-refractivity contribution in [2.24, 2.45) is 12.8 Å². The van der Waals surface area contributed by atoms with Crippen molar-refractivity contribution < 1.29 is 4.74 Å². The molecule has 2 aromatic rings.